The molecule has 54 heavy (non-hydrogen) atoms. The molecule has 5 aliphatic rings. The van der Waals surface area contributed by atoms with Crippen LogP contribution < -0.4 is 4.90 Å². The molecule has 3 saturated heterocycles. The van der Waals surface area contributed by atoms with Crippen LogP contribution in [0.2, 0.25) is 5.02 Å². The number of likely N-dealkylation sites (tertiary alicyclic amines) is 2. The van der Waals surface area contributed by atoms with Crippen molar-refractivity contribution < 1.29 is 46.2 Å². The summed E-state index contributed by atoms with van der Waals surface area (Å²) < 4.78 is 73.6. The predicted molar refractivity (Wildman–Crippen MR) is 186 cm³/mol. The molecule has 3 aromatic carbocycles. The Balaban J connectivity index is 1.19. The van der Waals surface area contributed by atoms with Crippen molar-refractivity contribution >= 4 is 64.1 Å². The molecule has 4 amide bonds. The first-order valence-electron chi connectivity index (χ1n) is 17.2. The quantitative estimate of drug-likeness (QED) is 0.0748. The van der Waals surface area contributed by atoms with Gasteiger partial charge in [0, 0.05) is 36.6 Å². The molecule has 16 heteroatoms. The van der Waals surface area contributed by atoms with Gasteiger partial charge in [-0.15, -0.1) is 23.2 Å². The molecule has 1 N–H and O–H groups in total. The third kappa shape index (κ3) is 5.10. The lowest BCUT2D eigenvalue weighted by Gasteiger charge is -2.51. The fraction of sp³-hybridized carbons (Fsp3) is 0.368. The van der Waals surface area contributed by atoms with Crippen LogP contribution >= 0.6 is 34.8 Å². The summed E-state index contributed by atoms with van der Waals surface area (Å²) in [5, 5.41) is 9.99. The number of aromatic hydroxyl groups is 1. The topological polar surface area (TPSA) is 98.2 Å². The molecule has 1 saturated carbocycles. The first-order chi connectivity index (χ1) is 25.6. The molecular weight excluding hydrogens is 780 g/mol. The maximum absolute atomic E-state index is 15.3. The van der Waals surface area contributed by atoms with Gasteiger partial charge in [0.15, 0.2) is 33.0 Å². The molecule has 3 heterocycles. The lowest BCUT2D eigenvalue weighted by Crippen LogP contribution is -2.60. The Hall–Kier alpha value is -4.04. The Morgan fingerprint density at radius 1 is 0.796 bits per heavy atom. The number of hydrogen-bond donors (Lipinski definition) is 1. The molecule has 8 nitrogen and oxygen atoms in total. The van der Waals surface area contributed by atoms with E-state index in [1.54, 1.807) is 6.08 Å². The smallest absolute Gasteiger partial charge is 0.258 e. The summed E-state index contributed by atoms with van der Waals surface area (Å²) in [5.41, 5.74) is -0.448. The number of carbonyl (C=O) groups excluding carboxylic acids is 4. The van der Waals surface area contributed by atoms with Gasteiger partial charge in [0.25, 0.3) is 11.8 Å². The van der Waals surface area contributed by atoms with Crippen LogP contribution in [0.25, 0.3) is 0 Å². The van der Waals surface area contributed by atoms with Gasteiger partial charge in [0.05, 0.1) is 11.8 Å². The van der Waals surface area contributed by atoms with Crippen molar-refractivity contribution in [1.29, 1.82) is 0 Å². The highest BCUT2D eigenvalue weighted by atomic mass is 35.5. The van der Waals surface area contributed by atoms with Crippen molar-refractivity contribution in [2.24, 2.45) is 17.8 Å². The number of amides is 4. The van der Waals surface area contributed by atoms with E-state index in [9.17, 15) is 37.5 Å². The first kappa shape index (κ1) is 36.9. The van der Waals surface area contributed by atoms with Crippen molar-refractivity contribution in [3.8, 4) is 5.75 Å². The zero-order valence-corrected chi connectivity index (χ0v) is 30.2. The van der Waals surface area contributed by atoms with E-state index < -0.39 is 104 Å². The summed E-state index contributed by atoms with van der Waals surface area (Å²) in [4.78, 5) is 55.2. The van der Waals surface area contributed by atoms with E-state index in [1.807, 2.05) is 30.3 Å². The minimum atomic E-state index is -2.71. The maximum Gasteiger partial charge on any atom is 0.258 e. The van der Waals surface area contributed by atoms with Gasteiger partial charge in [-0.25, -0.2) is 26.9 Å². The van der Waals surface area contributed by atoms with Gasteiger partial charge < -0.3 is 5.11 Å². The fourth-order valence-electron chi connectivity index (χ4n) is 9.22. The number of piperidine rings is 1. The van der Waals surface area contributed by atoms with E-state index in [0.29, 0.717) is 32.5 Å². The van der Waals surface area contributed by atoms with Crippen LogP contribution in [0.3, 0.4) is 0 Å². The Morgan fingerprint density at radius 2 is 1.43 bits per heavy atom. The highest BCUT2D eigenvalue weighted by Crippen LogP contribution is 2.66. The monoisotopic (exact) mass is 807 g/mol. The number of phenols is 1. The van der Waals surface area contributed by atoms with Crippen LogP contribution in [0.15, 0.2) is 60.2 Å². The number of imide groups is 2. The maximum atomic E-state index is 15.3. The van der Waals surface area contributed by atoms with Crippen LogP contribution in [-0.2, 0) is 25.7 Å². The van der Waals surface area contributed by atoms with Crippen LogP contribution in [-0.4, -0.2) is 67.4 Å². The zero-order valence-electron chi connectivity index (χ0n) is 28.0. The number of allylic oxidation sites excluding steroid dienone is 2. The molecule has 0 radical (unpaired) electrons. The number of carbonyl (C=O) groups is 4. The largest absolute Gasteiger partial charge is 0.508 e. The lowest BCUT2D eigenvalue weighted by atomic mass is 9.56. The van der Waals surface area contributed by atoms with Gasteiger partial charge in [-0.1, -0.05) is 59.6 Å². The summed E-state index contributed by atoms with van der Waals surface area (Å²) in [7, 11) is 0. The summed E-state index contributed by atoms with van der Waals surface area (Å²) >= 11 is 20.9. The van der Waals surface area contributed by atoms with Crippen molar-refractivity contribution in [2.75, 3.05) is 18.0 Å². The van der Waals surface area contributed by atoms with E-state index in [0.717, 1.165) is 11.6 Å². The molecule has 282 valence electrons. The highest BCUT2D eigenvalue weighted by Gasteiger charge is 2.77. The molecule has 3 aromatic rings. The number of phenolic OH excluding ortho intramolecular Hbond substituents is 1. The van der Waals surface area contributed by atoms with Gasteiger partial charge in [0.1, 0.15) is 11.4 Å². The fourth-order valence-corrected chi connectivity index (χ4v) is 10.4. The molecule has 2 aliphatic carbocycles. The first-order valence-corrected chi connectivity index (χ1v) is 18.3. The van der Waals surface area contributed by atoms with E-state index in [1.165, 1.54) is 17.0 Å². The number of hydrogen-bond acceptors (Lipinski definition) is 6. The van der Waals surface area contributed by atoms with E-state index in [2.05, 4.69) is 4.90 Å². The molecule has 6 unspecified atom stereocenters. The molecule has 6 atom stereocenters. The average molecular weight is 809 g/mol. The van der Waals surface area contributed by atoms with Crippen LogP contribution in [0.1, 0.15) is 42.7 Å². The highest BCUT2D eigenvalue weighted by molar-refractivity contribution is 6.58. The molecule has 0 bridgehead atoms. The molecule has 0 spiro atoms. The van der Waals surface area contributed by atoms with Crippen LogP contribution in [0, 0.1) is 46.8 Å². The Kier molecular flexibility index (Phi) is 8.91. The Bertz CT molecular complexity index is 2160. The Morgan fingerprint density at radius 3 is 2.06 bits per heavy atom. The third-order valence-corrected chi connectivity index (χ3v) is 13.5. The SMILES string of the molecule is O=C1C2CC=C3C(CC4(Cl)C(=O)N(c5c(F)c(F)c(F)c(F)c5F)C(=O)C4(Cl)C3c3ccc(O)cc3Cl)C2C(=O)N1C1CCN(Cc2ccccc2)CC1. The number of fused-ring (bicyclic) bond motifs is 4. The molecular formula is C38H29Cl3F5N3O5. The number of nitrogens with zero attached hydrogens (tertiary/aromatic N) is 3. The second-order valence-electron chi connectivity index (χ2n) is 14.4. The van der Waals surface area contributed by atoms with Gasteiger partial charge in [-0.2, -0.15) is 0 Å². The molecule has 3 aliphatic heterocycles. The number of benzene rings is 3. The van der Waals surface area contributed by atoms with Crippen molar-refractivity contribution in [1.82, 2.24) is 9.80 Å². The summed E-state index contributed by atoms with van der Waals surface area (Å²) in [6.07, 6.45) is 2.03. The predicted octanol–water partition coefficient (Wildman–Crippen LogP) is 6.97. The number of anilines is 1. The van der Waals surface area contributed by atoms with Crippen molar-refractivity contribution in [3.05, 3.63) is 105 Å². The summed E-state index contributed by atoms with van der Waals surface area (Å²) in [5.74, 6) is -21.3. The van der Waals surface area contributed by atoms with Crippen LogP contribution in [0.5, 0.6) is 5.75 Å². The van der Waals surface area contributed by atoms with Gasteiger partial charge in [-0.3, -0.25) is 29.0 Å². The van der Waals surface area contributed by atoms with Gasteiger partial charge in [0.2, 0.25) is 17.6 Å². The van der Waals surface area contributed by atoms with Crippen molar-refractivity contribution in [3.63, 3.8) is 0 Å². The number of alkyl halides is 2. The molecule has 8 rings (SSSR count). The van der Waals surface area contributed by atoms with Crippen LogP contribution in [0.4, 0.5) is 27.6 Å². The van der Waals surface area contributed by atoms with Gasteiger partial charge in [-0.05, 0) is 54.9 Å². The minimum Gasteiger partial charge on any atom is -0.508 e. The summed E-state index contributed by atoms with van der Waals surface area (Å²) in [6, 6.07) is 13.0. The third-order valence-electron chi connectivity index (χ3n) is 11.7. The summed E-state index contributed by atoms with van der Waals surface area (Å²) in [6.45, 7) is 1.93. The zero-order chi connectivity index (χ0) is 38.6. The second kappa shape index (κ2) is 13.0. The normalized spacial score (nSPS) is 30.1. The van der Waals surface area contributed by atoms with Crippen molar-refractivity contribution in [2.45, 2.75) is 53.9 Å². The second-order valence-corrected chi connectivity index (χ2v) is 16.1. The average Bonchev–Trinajstić information content (AvgIpc) is 3.49. The minimum absolute atomic E-state index is 0.0162. The molecule has 4 fully saturated rings. The standard InChI is InChI=1S/C38H29Cl3F5N3O5/c39-24-14-19(50)6-7-21(24)26-20-8-9-22-25(34(52)48(33(22)51)18-10-12-47(13-11-18)16-17-4-2-1-3-5-17)23(20)15-37(40)35(53)49(36(54)38(26,37)41)32-30(45)28(43)27(42)29(44)31(32)46/h1-8,14,18,22-23,25-26,50H,9-13,15-16H2. The van der Waals surface area contributed by atoms with E-state index in [-0.39, 0.29) is 33.2 Å². The number of halogens is 8. The van der Waals surface area contributed by atoms with Gasteiger partial charge >= 0.3 is 0 Å². The lowest BCUT2D eigenvalue weighted by molar-refractivity contribution is -0.144. The van der Waals surface area contributed by atoms with E-state index in [4.69, 9.17) is 34.8 Å². The Labute approximate surface area is 320 Å². The molecule has 0 aromatic heterocycles. The van der Waals surface area contributed by atoms with E-state index >= 15 is 8.78 Å². The number of rotatable bonds is 5.